The number of halogens is 3. The summed E-state index contributed by atoms with van der Waals surface area (Å²) in [5, 5.41) is 0.189. The highest BCUT2D eigenvalue weighted by Gasteiger charge is 2.07. The van der Waals surface area contributed by atoms with Gasteiger partial charge in [0.25, 0.3) is 5.56 Å². The molecule has 6 heteroatoms. The lowest BCUT2D eigenvalue weighted by Gasteiger charge is -2.06. The minimum atomic E-state index is -0.177. The smallest absolute Gasteiger partial charge is 0.269 e. The molecule has 0 aliphatic carbocycles. The van der Waals surface area contributed by atoms with Crippen molar-refractivity contribution >= 4 is 50.1 Å². The molecular formula is C11H7BrClIN2O. The fourth-order valence-electron chi connectivity index (χ4n) is 1.34. The van der Waals surface area contributed by atoms with Gasteiger partial charge in [0.15, 0.2) is 5.15 Å². The zero-order chi connectivity index (χ0) is 12.4. The van der Waals surface area contributed by atoms with Gasteiger partial charge in [0.05, 0.1) is 12.9 Å². The molecule has 0 saturated heterocycles. The van der Waals surface area contributed by atoms with Crippen molar-refractivity contribution in [2.75, 3.05) is 0 Å². The van der Waals surface area contributed by atoms with Crippen molar-refractivity contribution in [3.8, 4) is 0 Å². The first-order valence-electron chi connectivity index (χ1n) is 4.73. The second-order valence-electron chi connectivity index (χ2n) is 3.41. The van der Waals surface area contributed by atoms with Gasteiger partial charge in [-0.3, -0.25) is 9.36 Å². The first-order chi connectivity index (χ1) is 8.08. The highest BCUT2D eigenvalue weighted by Crippen LogP contribution is 2.14. The standard InChI is InChI=1S/C11H7BrClIN2O/c12-9-10(13)15-6-16(11(9)17)5-7-1-3-8(14)4-2-7/h1-4,6H,5H2. The van der Waals surface area contributed by atoms with E-state index in [1.807, 2.05) is 24.3 Å². The third-order valence-electron chi connectivity index (χ3n) is 2.21. The monoisotopic (exact) mass is 424 g/mol. The normalized spacial score (nSPS) is 10.5. The van der Waals surface area contributed by atoms with Gasteiger partial charge < -0.3 is 0 Å². The van der Waals surface area contributed by atoms with Crippen molar-refractivity contribution < 1.29 is 0 Å². The number of benzene rings is 1. The maximum absolute atomic E-state index is 11.9. The first-order valence-corrected chi connectivity index (χ1v) is 6.98. The molecule has 0 aliphatic rings. The second kappa shape index (κ2) is 5.49. The average Bonchev–Trinajstić information content (AvgIpc) is 2.33. The van der Waals surface area contributed by atoms with Gasteiger partial charge in [-0.1, -0.05) is 23.7 Å². The Hall–Kier alpha value is -0.400. The number of nitrogens with zero attached hydrogens (tertiary/aromatic N) is 2. The minimum Gasteiger partial charge on any atom is -0.294 e. The largest absolute Gasteiger partial charge is 0.294 e. The maximum Gasteiger partial charge on any atom is 0.269 e. The maximum atomic E-state index is 11.9. The van der Waals surface area contributed by atoms with E-state index in [-0.39, 0.29) is 10.7 Å². The fraction of sp³-hybridized carbons (Fsp3) is 0.0909. The van der Waals surface area contributed by atoms with Gasteiger partial charge in [0, 0.05) is 3.57 Å². The summed E-state index contributed by atoms with van der Waals surface area (Å²) in [4.78, 5) is 15.8. The third kappa shape index (κ3) is 3.08. The quantitative estimate of drug-likeness (QED) is 0.547. The van der Waals surface area contributed by atoms with Crippen LogP contribution < -0.4 is 5.56 Å². The van der Waals surface area contributed by atoms with Gasteiger partial charge in [0.1, 0.15) is 4.47 Å². The van der Waals surface area contributed by atoms with Gasteiger partial charge in [-0.25, -0.2) is 4.98 Å². The number of aromatic nitrogens is 2. The molecule has 0 radical (unpaired) electrons. The average molecular weight is 425 g/mol. The van der Waals surface area contributed by atoms with Crippen molar-refractivity contribution in [2.45, 2.75) is 6.54 Å². The zero-order valence-electron chi connectivity index (χ0n) is 8.53. The molecule has 17 heavy (non-hydrogen) atoms. The van der Waals surface area contributed by atoms with E-state index < -0.39 is 0 Å². The molecule has 0 unspecified atom stereocenters. The highest BCUT2D eigenvalue weighted by atomic mass is 127. The Morgan fingerprint density at radius 3 is 2.65 bits per heavy atom. The Labute approximate surface area is 125 Å². The van der Waals surface area contributed by atoms with E-state index in [0.717, 1.165) is 9.13 Å². The van der Waals surface area contributed by atoms with Gasteiger partial charge >= 0.3 is 0 Å². The van der Waals surface area contributed by atoms with Gasteiger partial charge in [-0.15, -0.1) is 0 Å². The molecule has 0 atom stereocenters. The summed E-state index contributed by atoms with van der Waals surface area (Å²) in [5.74, 6) is 0. The van der Waals surface area contributed by atoms with Gasteiger partial charge in [-0.2, -0.15) is 0 Å². The van der Waals surface area contributed by atoms with Crippen LogP contribution in [0.1, 0.15) is 5.56 Å². The fourth-order valence-corrected chi connectivity index (χ4v) is 2.16. The molecular weight excluding hydrogens is 418 g/mol. The number of rotatable bonds is 2. The van der Waals surface area contributed by atoms with Crippen molar-refractivity contribution in [2.24, 2.45) is 0 Å². The second-order valence-corrected chi connectivity index (χ2v) is 5.81. The molecule has 0 fully saturated rings. The van der Waals surface area contributed by atoms with Crippen LogP contribution in [0.4, 0.5) is 0 Å². The Bertz CT molecular complexity index is 597. The van der Waals surface area contributed by atoms with Crippen LogP contribution in [0.5, 0.6) is 0 Å². The Morgan fingerprint density at radius 1 is 1.35 bits per heavy atom. The molecule has 0 saturated carbocycles. The zero-order valence-corrected chi connectivity index (χ0v) is 13.0. The van der Waals surface area contributed by atoms with Crippen LogP contribution in [0.2, 0.25) is 5.15 Å². The SMILES string of the molecule is O=c1c(Br)c(Cl)ncn1Cc1ccc(I)cc1. The molecule has 1 aromatic heterocycles. The lowest BCUT2D eigenvalue weighted by Crippen LogP contribution is -2.21. The Kier molecular flexibility index (Phi) is 4.22. The molecule has 0 bridgehead atoms. The topological polar surface area (TPSA) is 34.9 Å². The number of hydrogen-bond acceptors (Lipinski definition) is 2. The lowest BCUT2D eigenvalue weighted by atomic mass is 10.2. The van der Waals surface area contributed by atoms with E-state index in [1.165, 1.54) is 10.9 Å². The van der Waals surface area contributed by atoms with E-state index in [9.17, 15) is 4.79 Å². The minimum absolute atomic E-state index is 0.177. The summed E-state index contributed by atoms with van der Waals surface area (Å²) >= 11 is 11.1. The third-order valence-corrected chi connectivity index (χ3v) is 4.16. The van der Waals surface area contributed by atoms with Gasteiger partial charge in [-0.05, 0) is 56.2 Å². The molecule has 0 spiro atoms. The lowest BCUT2D eigenvalue weighted by molar-refractivity contribution is 0.731. The summed E-state index contributed by atoms with van der Waals surface area (Å²) in [6, 6.07) is 7.96. The first kappa shape index (κ1) is 13.0. The van der Waals surface area contributed by atoms with E-state index in [2.05, 4.69) is 43.5 Å². The van der Waals surface area contributed by atoms with Gasteiger partial charge in [0.2, 0.25) is 0 Å². The molecule has 2 aromatic rings. The van der Waals surface area contributed by atoms with Crippen LogP contribution in [0, 0.1) is 3.57 Å². The predicted octanol–water partition coefficient (Wildman–Crippen LogP) is 3.31. The molecule has 1 aromatic carbocycles. The molecule has 88 valence electrons. The highest BCUT2D eigenvalue weighted by molar-refractivity contribution is 14.1. The molecule has 1 heterocycles. The molecule has 2 rings (SSSR count). The number of hydrogen-bond donors (Lipinski definition) is 0. The summed E-state index contributed by atoms with van der Waals surface area (Å²) in [5.41, 5.74) is 0.868. The molecule has 0 N–H and O–H groups in total. The molecule has 0 aliphatic heterocycles. The summed E-state index contributed by atoms with van der Waals surface area (Å²) < 4.78 is 2.97. The van der Waals surface area contributed by atoms with Crippen LogP contribution in [-0.4, -0.2) is 9.55 Å². The Morgan fingerprint density at radius 2 is 2.00 bits per heavy atom. The predicted molar refractivity (Wildman–Crippen MR) is 79.5 cm³/mol. The van der Waals surface area contributed by atoms with Crippen molar-refractivity contribution in [3.05, 3.63) is 59.7 Å². The van der Waals surface area contributed by atoms with E-state index >= 15 is 0 Å². The van der Waals surface area contributed by atoms with Crippen LogP contribution in [-0.2, 0) is 6.54 Å². The van der Waals surface area contributed by atoms with E-state index in [1.54, 1.807) is 0 Å². The van der Waals surface area contributed by atoms with Crippen LogP contribution in [0.15, 0.2) is 39.9 Å². The van der Waals surface area contributed by atoms with Crippen LogP contribution in [0.25, 0.3) is 0 Å². The van der Waals surface area contributed by atoms with Crippen molar-refractivity contribution in [3.63, 3.8) is 0 Å². The summed E-state index contributed by atoms with van der Waals surface area (Å²) in [6.07, 6.45) is 1.45. The Balaban J connectivity index is 2.34. The van der Waals surface area contributed by atoms with E-state index in [0.29, 0.717) is 11.0 Å². The van der Waals surface area contributed by atoms with Crippen LogP contribution in [0.3, 0.4) is 0 Å². The summed E-state index contributed by atoms with van der Waals surface area (Å²) in [7, 11) is 0. The van der Waals surface area contributed by atoms with Crippen LogP contribution >= 0.6 is 50.1 Å². The van der Waals surface area contributed by atoms with Crippen molar-refractivity contribution in [1.82, 2.24) is 9.55 Å². The van der Waals surface area contributed by atoms with Crippen molar-refractivity contribution in [1.29, 1.82) is 0 Å². The molecule has 0 amide bonds. The van der Waals surface area contributed by atoms with E-state index in [4.69, 9.17) is 11.6 Å². The molecule has 3 nitrogen and oxygen atoms in total. The summed E-state index contributed by atoms with van der Waals surface area (Å²) in [6.45, 7) is 0.485.